The molecule has 4 heterocycles. The molecule has 0 aromatic rings. The molecule has 0 radical (unpaired) electrons. The minimum Gasteiger partial charge on any atom is -0.633 e. The molecule has 4 saturated heterocycles. The summed E-state index contributed by atoms with van der Waals surface area (Å²) in [5.74, 6) is 1.33. The lowest BCUT2D eigenvalue weighted by Gasteiger charge is -2.64. The molecule has 19 heavy (non-hydrogen) atoms. The van der Waals surface area contributed by atoms with E-state index in [1.54, 1.807) is 0 Å². The van der Waals surface area contributed by atoms with Crippen molar-refractivity contribution in [2.45, 2.75) is 57.0 Å². The number of nitrogens with zero attached hydrogens (tertiary/aromatic N) is 2. The zero-order chi connectivity index (χ0) is 13.0. The van der Waals surface area contributed by atoms with E-state index in [4.69, 9.17) is 0 Å². The molecule has 4 aliphatic rings. The zero-order valence-corrected chi connectivity index (χ0v) is 11.6. The SMILES string of the molecule is O=C1CCC[C@H]2[C@@H]3CCC[N@@+]4([O-])CCC[C@H](CN12)[C@H]34. The summed E-state index contributed by atoms with van der Waals surface area (Å²) in [5.41, 5.74) is 0. The van der Waals surface area contributed by atoms with Crippen LogP contribution in [0, 0.1) is 17.0 Å². The van der Waals surface area contributed by atoms with E-state index in [0.29, 0.717) is 29.8 Å². The molecule has 0 saturated carbocycles. The number of rotatable bonds is 0. The van der Waals surface area contributed by atoms with E-state index in [9.17, 15) is 10.0 Å². The molecule has 0 spiro atoms. The summed E-state index contributed by atoms with van der Waals surface area (Å²) in [4.78, 5) is 14.3. The maximum Gasteiger partial charge on any atom is 0.222 e. The third-order valence-corrected chi connectivity index (χ3v) is 6.19. The van der Waals surface area contributed by atoms with Gasteiger partial charge in [0.15, 0.2) is 0 Å². The number of hydrogen-bond acceptors (Lipinski definition) is 2. The van der Waals surface area contributed by atoms with Gasteiger partial charge in [-0.3, -0.25) is 4.79 Å². The fourth-order valence-electron chi connectivity index (χ4n) is 5.55. The molecule has 4 nitrogen and oxygen atoms in total. The molecule has 4 aliphatic heterocycles. The normalized spacial score (nSPS) is 49.5. The Balaban J connectivity index is 1.69. The second-order valence-corrected chi connectivity index (χ2v) is 7.10. The molecule has 4 rings (SSSR count). The maximum absolute atomic E-state index is 13.1. The first-order chi connectivity index (χ1) is 9.19. The highest BCUT2D eigenvalue weighted by molar-refractivity contribution is 5.77. The van der Waals surface area contributed by atoms with E-state index in [0.717, 1.165) is 51.7 Å². The van der Waals surface area contributed by atoms with Crippen molar-refractivity contribution in [3.63, 3.8) is 0 Å². The van der Waals surface area contributed by atoms with Crippen LogP contribution in [-0.2, 0) is 4.79 Å². The van der Waals surface area contributed by atoms with Crippen molar-refractivity contribution in [3.8, 4) is 0 Å². The number of piperidine rings is 4. The van der Waals surface area contributed by atoms with E-state index in [2.05, 4.69) is 4.90 Å². The van der Waals surface area contributed by atoms with Gasteiger partial charge in [-0.1, -0.05) is 0 Å². The van der Waals surface area contributed by atoms with Gasteiger partial charge in [-0.05, 0) is 38.5 Å². The van der Waals surface area contributed by atoms with Crippen LogP contribution >= 0.6 is 0 Å². The highest BCUT2D eigenvalue weighted by atomic mass is 16.5. The average Bonchev–Trinajstić information content (AvgIpc) is 2.40. The first-order valence-corrected chi connectivity index (χ1v) is 8.06. The van der Waals surface area contributed by atoms with Crippen LogP contribution in [0.4, 0.5) is 0 Å². The smallest absolute Gasteiger partial charge is 0.222 e. The number of hydrogen-bond donors (Lipinski definition) is 0. The molecular formula is C15H24N2O2. The van der Waals surface area contributed by atoms with Crippen LogP contribution in [0.25, 0.3) is 0 Å². The monoisotopic (exact) mass is 264 g/mol. The molecule has 106 valence electrons. The van der Waals surface area contributed by atoms with Crippen molar-refractivity contribution in [1.29, 1.82) is 0 Å². The van der Waals surface area contributed by atoms with Crippen LogP contribution in [-0.4, -0.2) is 47.2 Å². The zero-order valence-electron chi connectivity index (χ0n) is 11.6. The molecule has 1 amide bonds. The molecule has 0 aromatic heterocycles. The lowest BCUT2D eigenvalue weighted by molar-refractivity contribution is -0.925. The number of amides is 1. The predicted molar refractivity (Wildman–Crippen MR) is 71.9 cm³/mol. The number of fused-ring (bicyclic) bond motifs is 2. The molecule has 0 bridgehead atoms. The van der Waals surface area contributed by atoms with Gasteiger partial charge in [-0.15, -0.1) is 0 Å². The van der Waals surface area contributed by atoms with Gasteiger partial charge in [-0.2, -0.15) is 0 Å². The third kappa shape index (κ3) is 1.69. The summed E-state index contributed by atoms with van der Waals surface area (Å²) in [6, 6.07) is 0.710. The first kappa shape index (κ1) is 12.2. The summed E-state index contributed by atoms with van der Waals surface area (Å²) >= 11 is 0. The van der Waals surface area contributed by atoms with Gasteiger partial charge in [0, 0.05) is 30.8 Å². The lowest BCUT2D eigenvalue weighted by Crippen LogP contribution is -2.71. The van der Waals surface area contributed by atoms with E-state index in [-0.39, 0.29) is 4.65 Å². The molecule has 0 aromatic carbocycles. The van der Waals surface area contributed by atoms with E-state index < -0.39 is 0 Å². The minimum absolute atomic E-state index is 0.0772. The Hall–Kier alpha value is -0.610. The molecule has 5 atom stereocenters. The number of quaternary nitrogens is 1. The highest BCUT2D eigenvalue weighted by Gasteiger charge is 2.55. The number of hydroxylamine groups is 3. The lowest BCUT2D eigenvalue weighted by atomic mass is 9.67. The quantitative estimate of drug-likeness (QED) is 0.495. The molecule has 0 aliphatic carbocycles. The van der Waals surface area contributed by atoms with Crippen LogP contribution < -0.4 is 0 Å². The Bertz CT molecular complexity index is 396. The van der Waals surface area contributed by atoms with Gasteiger partial charge in [0.25, 0.3) is 0 Å². The van der Waals surface area contributed by atoms with Gasteiger partial charge in [0.2, 0.25) is 5.91 Å². The van der Waals surface area contributed by atoms with Crippen LogP contribution in [0.2, 0.25) is 0 Å². The van der Waals surface area contributed by atoms with Gasteiger partial charge in [-0.25, -0.2) is 0 Å². The maximum atomic E-state index is 13.1. The van der Waals surface area contributed by atoms with Gasteiger partial charge in [0.1, 0.15) is 0 Å². The van der Waals surface area contributed by atoms with Crippen LogP contribution in [0.15, 0.2) is 0 Å². The number of carbonyl (C=O) groups is 1. The predicted octanol–water partition coefficient (Wildman–Crippen LogP) is 1.88. The Kier molecular flexibility index (Phi) is 2.68. The van der Waals surface area contributed by atoms with Crippen LogP contribution in [0.3, 0.4) is 0 Å². The largest absolute Gasteiger partial charge is 0.633 e. The molecular weight excluding hydrogens is 240 g/mol. The van der Waals surface area contributed by atoms with Gasteiger partial charge < -0.3 is 14.8 Å². The average molecular weight is 264 g/mol. The standard InChI is InChI=1S/C15H24N2O2/c18-14-7-1-6-13-12-5-3-9-17(19)8-2-4-11(15(12)17)10-16(13)14/h11-13,15H,1-10H2/t11-,12+,13+,15-,17+/m1/s1. The fourth-order valence-corrected chi connectivity index (χ4v) is 5.55. The summed E-state index contributed by atoms with van der Waals surface area (Å²) in [7, 11) is 0. The summed E-state index contributed by atoms with van der Waals surface area (Å²) in [5, 5.41) is 13.1. The Labute approximate surface area is 114 Å². The summed E-state index contributed by atoms with van der Waals surface area (Å²) < 4.78 is 0.0772. The van der Waals surface area contributed by atoms with Crippen molar-refractivity contribution >= 4 is 5.91 Å². The second kappa shape index (κ2) is 4.19. The Morgan fingerprint density at radius 2 is 1.89 bits per heavy atom. The second-order valence-electron chi connectivity index (χ2n) is 7.10. The topological polar surface area (TPSA) is 43.4 Å². The Morgan fingerprint density at radius 3 is 2.74 bits per heavy atom. The van der Waals surface area contributed by atoms with Crippen molar-refractivity contribution in [2.75, 3.05) is 19.6 Å². The van der Waals surface area contributed by atoms with Gasteiger partial charge in [0.05, 0.1) is 19.1 Å². The molecule has 0 N–H and O–H groups in total. The Morgan fingerprint density at radius 1 is 1.11 bits per heavy atom. The minimum atomic E-state index is 0.0772. The van der Waals surface area contributed by atoms with E-state index in [1.165, 1.54) is 12.8 Å². The third-order valence-electron chi connectivity index (χ3n) is 6.19. The van der Waals surface area contributed by atoms with Crippen LogP contribution in [0.1, 0.15) is 44.9 Å². The first-order valence-electron chi connectivity index (χ1n) is 8.06. The van der Waals surface area contributed by atoms with E-state index >= 15 is 0 Å². The van der Waals surface area contributed by atoms with Crippen molar-refractivity contribution in [2.24, 2.45) is 11.8 Å². The summed E-state index contributed by atoms with van der Waals surface area (Å²) in [6.07, 6.45) is 7.38. The van der Waals surface area contributed by atoms with E-state index in [1.807, 2.05) is 0 Å². The van der Waals surface area contributed by atoms with Crippen molar-refractivity contribution < 1.29 is 9.44 Å². The fraction of sp³-hybridized carbons (Fsp3) is 0.933. The molecule has 4 heteroatoms. The summed E-state index contributed by atoms with van der Waals surface area (Å²) in [6.45, 7) is 2.55. The molecule has 4 fully saturated rings. The van der Waals surface area contributed by atoms with Crippen molar-refractivity contribution in [1.82, 2.24) is 4.90 Å². The van der Waals surface area contributed by atoms with Gasteiger partial charge >= 0.3 is 0 Å². The molecule has 0 unspecified atom stereocenters. The number of carbonyl (C=O) groups excluding carboxylic acids is 1. The van der Waals surface area contributed by atoms with Crippen molar-refractivity contribution in [3.05, 3.63) is 5.21 Å². The highest BCUT2D eigenvalue weighted by Crippen LogP contribution is 2.47. The van der Waals surface area contributed by atoms with Crippen LogP contribution in [0.5, 0.6) is 0 Å².